The van der Waals surface area contributed by atoms with Crippen molar-refractivity contribution in [2.75, 3.05) is 33.4 Å². The lowest BCUT2D eigenvalue weighted by Crippen LogP contribution is -2.35. The van der Waals surface area contributed by atoms with Crippen molar-refractivity contribution in [3.63, 3.8) is 0 Å². The van der Waals surface area contributed by atoms with Crippen molar-refractivity contribution in [3.8, 4) is 0 Å². The summed E-state index contributed by atoms with van der Waals surface area (Å²) in [5.41, 5.74) is 6.95. The fourth-order valence-corrected chi connectivity index (χ4v) is 2.82. The van der Waals surface area contributed by atoms with Crippen LogP contribution >= 0.6 is 0 Å². The van der Waals surface area contributed by atoms with E-state index in [0.29, 0.717) is 18.9 Å². The van der Waals surface area contributed by atoms with Crippen molar-refractivity contribution in [3.05, 3.63) is 11.6 Å². The number of carbonyl (C=O) groups excluding carboxylic acids is 1. The van der Waals surface area contributed by atoms with E-state index in [1.54, 1.807) is 7.11 Å². The fourth-order valence-electron chi connectivity index (χ4n) is 2.82. The number of carbonyl (C=O) groups is 1. The molecule has 0 aliphatic carbocycles. The summed E-state index contributed by atoms with van der Waals surface area (Å²) in [6, 6.07) is 0. The molecule has 116 valence electrons. The molecule has 4 heteroatoms. The van der Waals surface area contributed by atoms with Gasteiger partial charge in [-0.1, -0.05) is 25.8 Å². The molecule has 1 aliphatic rings. The molecule has 1 aliphatic heterocycles. The Balaban J connectivity index is 2.32. The number of rotatable bonds is 9. The predicted octanol–water partition coefficient (Wildman–Crippen LogP) is 2.34. The van der Waals surface area contributed by atoms with Gasteiger partial charge in [-0.2, -0.15) is 0 Å². The van der Waals surface area contributed by atoms with E-state index >= 15 is 0 Å². The van der Waals surface area contributed by atoms with Gasteiger partial charge < -0.3 is 15.4 Å². The molecular formula is C16H30N2O2. The largest absolute Gasteiger partial charge is 0.380 e. The molecule has 20 heavy (non-hydrogen) atoms. The molecule has 0 radical (unpaired) electrons. The van der Waals surface area contributed by atoms with Gasteiger partial charge in [0.1, 0.15) is 0 Å². The van der Waals surface area contributed by atoms with E-state index in [-0.39, 0.29) is 5.91 Å². The summed E-state index contributed by atoms with van der Waals surface area (Å²) in [5, 5.41) is 0. The Hall–Kier alpha value is -0.870. The highest BCUT2D eigenvalue weighted by molar-refractivity contribution is 5.76. The van der Waals surface area contributed by atoms with E-state index in [4.69, 9.17) is 10.5 Å². The van der Waals surface area contributed by atoms with Gasteiger partial charge in [-0.05, 0) is 37.3 Å². The summed E-state index contributed by atoms with van der Waals surface area (Å²) in [6.07, 6.45) is 8.12. The van der Waals surface area contributed by atoms with Crippen molar-refractivity contribution in [1.29, 1.82) is 0 Å². The summed E-state index contributed by atoms with van der Waals surface area (Å²) in [4.78, 5) is 14.2. The quantitative estimate of drug-likeness (QED) is 0.660. The summed E-state index contributed by atoms with van der Waals surface area (Å²) < 4.78 is 5.13. The lowest BCUT2D eigenvalue weighted by atomic mass is 9.94. The second-order valence-corrected chi connectivity index (χ2v) is 5.66. The molecular weight excluding hydrogens is 252 g/mol. The predicted molar refractivity (Wildman–Crippen MR) is 82.5 cm³/mol. The van der Waals surface area contributed by atoms with Crippen LogP contribution in [0.15, 0.2) is 11.6 Å². The van der Waals surface area contributed by atoms with Crippen LogP contribution in [0.3, 0.4) is 0 Å². The van der Waals surface area contributed by atoms with Gasteiger partial charge >= 0.3 is 0 Å². The van der Waals surface area contributed by atoms with E-state index in [2.05, 4.69) is 13.0 Å². The third kappa shape index (κ3) is 6.06. The molecule has 4 nitrogen and oxygen atoms in total. The van der Waals surface area contributed by atoms with Gasteiger partial charge in [0.25, 0.3) is 0 Å². The standard InChI is InChI=1S/C16H30N2O2/c1-3-4-14(7-10-17)5-6-16(19)18-11-8-15(9-12-18)13-20-2/h8,14H,3-7,9-13,17H2,1-2H3. The van der Waals surface area contributed by atoms with Crippen molar-refractivity contribution in [1.82, 2.24) is 4.90 Å². The van der Waals surface area contributed by atoms with Gasteiger partial charge in [0, 0.05) is 26.6 Å². The van der Waals surface area contributed by atoms with Crippen LogP contribution in [0.25, 0.3) is 0 Å². The lowest BCUT2D eigenvalue weighted by Gasteiger charge is -2.27. The first-order chi connectivity index (χ1) is 9.71. The topological polar surface area (TPSA) is 55.6 Å². The summed E-state index contributed by atoms with van der Waals surface area (Å²) in [6.45, 7) is 5.19. The Kier molecular flexibility index (Phi) is 8.54. The van der Waals surface area contributed by atoms with Crippen LogP contribution in [0.5, 0.6) is 0 Å². The third-order valence-corrected chi connectivity index (χ3v) is 4.02. The normalized spacial score (nSPS) is 16.9. The Bertz CT molecular complexity index is 310. The molecule has 0 spiro atoms. The molecule has 0 aromatic carbocycles. The number of ether oxygens (including phenoxy) is 1. The van der Waals surface area contributed by atoms with E-state index in [1.165, 1.54) is 18.4 Å². The number of nitrogens with zero attached hydrogens (tertiary/aromatic N) is 1. The first-order valence-electron chi connectivity index (χ1n) is 7.85. The Morgan fingerprint density at radius 3 is 2.80 bits per heavy atom. The van der Waals surface area contributed by atoms with Gasteiger partial charge in [-0.25, -0.2) is 0 Å². The minimum Gasteiger partial charge on any atom is -0.380 e. The number of methoxy groups -OCH3 is 1. The molecule has 1 rings (SSSR count). The molecule has 1 amide bonds. The minimum atomic E-state index is 0.288. The van der Waals surface area contributed by atoms with Gasteiger partial charge in [0.15, 0.2) is 0 Å². The zero-order valence-corrected chi connectivity index (χ0v) is 13.1. The highest BCUT2D eigenvalue weighted by Gasteiger charge is 2.18. The van der Waals surface area contributed by atoms with Gasteiger partial charge in [-0.15, -0.1) is 0 Å². The molecule has 1 atom stereocenters. The van der Waals surface area contributed by atoms with E-state index in [1.807, 2.05) is 4.90 Å². The highest BCUT2D eigenvalue weighted by atomic mass is 16.5. The van der Waals surface area contributed by atoms with Gasteiger partial charge in [0.05, 0.1) is 6.61 Å². The van der Waals surface area contributed by atoms with Crippen LogP contribution in [0, 0.1) is 5.92 Å². The van der Waals surface area contributed by atoms with Gasteiger partial charge in [-0.3, -0.25) is 4.79 Å². The molecule has 1 heterocycles. The first kappa shape index (κ1) is 17.2. The molecule has 0 saturated carbocycles. The molecule has 0 aromatic rings. The second-order valence-electron chi connectivity index (χ2n) is 5.66. The number of nitrogens with two attached hydrogens (primary N) is 1. The second kappa shape index (κ2) is 9.94. The monoisotopic (exact) mass is 282 g/mol. The van der Waals surface area contributed by atoms with Crippen molar-refractivity contribution in [2.24, 2.45) is 11.7 Å². The van der Waals surface area contributed by atoms with Crippen LogP contribution in [-0.2, 0) is 9.53 Å². The van der Waals surface area contributed by atoms with Crippen molar-refractivity contribution >= 4 is 5.91 Å². The van der Waals surface area contributed by atoms with Crippen LogP contribution < -0.4 is 5.73 Å². The number of hydrogen-bond donors (Lipinski definition) is 1. The molecule has 1 unspecified atom stereocenters. The maximum absolute atomic E-state index is 12.2. The average Bonchev–Trinajstić information content (AvgIpc) is 2.46. The average molecular weight is 282 g/mol. The summed E-state index contributed by atoms with van der Waals surface area (Å²) in [7, 11) is 1.71. The number of amides is 1. The molecule has 0 bridgehead atoms. The molecule has 0 fully saturated rings. The molecule has 0 saturated heterocycles. The van der Waals surface area contributed by atoms with Gasteiger partial charge in [0.2, 0.25) is 5.91 Å². The van der Waals surface area contributed by atoms with Crippen LogP contribution in [0.4, 0.5) is 0 Å². The van der Waals surface area contributed by atoms with Crippen LogP contribution in [0.2, 0.25) is 0 Å². The Morgan fingerprint density at radius 2 is 2.25 bits per heavy atom. The maximum Gasteiger partial charge on any atom is 0.222 e. The van der Waals surface area contributed by atoms with E-state index < -0.39 is 0 Å². The Morgan fingerprint density at radius 1 is 1.45 bits per heavy atom. The highest BCUT2D eigenvalue weighted by Crippen LogP contribution is 2.19. The minimum absolute atomic E-state index is 0.288. The van der Waals surface area contributed by atoms with E-state index in [9.17, 15) is 4.79 Å². The van der Waals surface area contributed by atoms with E-state index in [0.717, 1.165) is 38.9 Å². The molecule has 2 N–H and O–H groups in total. The number of hydrogen-bond acceptors (Lipinski definition) is 3. The smallest absolute Gasteiger partial charge is 0.222 e. The first-order valence-corrected chi connectivity index (χ1v) is 7.85. The maximum atomic E-state index is 12.2. The molecule has 0 aromatic heterocycles. The van der Waals surface area contributed by atoms with Crippen molar-refractivity contribution in [2.45, 2.75) is 45.4 Å². The van der Waals surface area contributed by atoms with Crippen molar-refractivity contribution < 1.29 is 9.53 Å². The zero-order valence-electron chi connectivity index (χ0n) is 13.1. The van der Waals surface area contributed by atoms with Crippen LogP contribution in [0.1, 0.15) is 45.4 Å². The Labute approximate surface area is 123 Å². The van der Waals surface area contributed by atoms with Crippen LogP contribution in [-0.4, -0.2) is 44.2 Å². The summed E-state index contributed by atoms with van der Waals surface area (Å²) >= 11 is 0. The lowest BCUT2D eigenvalue weighted by molar-refractivity contribution is -0.131. The fraction of sp³-hybridized carbons (Fsp3) is 0.812. The SMILES string of the molecule is CCCC(CCN)CCC(=O)N1CC=C(COC)CC1. The third-order valence-electron chi connectivity index (χ3n) is 4.02. The zero-order chi connectivity index (χ0) is 14.8. The summed E-state index contributed by atoms with van der Waals surface area (Å²) in [5.74, 6) is 0.897.